The van der Waals surface area contributed by atoms with E-state index in [9.17, 15) is 4.79 Å². The maximum absolute atomic E-state index is 11.4. The zero-order valence-corrected chi connectivity index (χ0v) is 12.9. The first-order valence-electron chi connectivity index (χ1n) is 6.30. The van der Waals surface area contributed by atoms with E-state index in [1.165, 1.54) is 18.6 Å². The second-order valence-electron chi connectivity index (χ2n) is 4.43. The summed E-state index contributed by atoms with van der Waals surface area (Å²) in [6.07, 6.45) is 6.11. The quantitative estimate of drug-likeness (QED) is 0.317. The average Bonchev–Trinajstić information content (AvgIpc) is 2.76. The minimum Gasteiger partial charge on any atom is -0.466 e. The van der Waals surface area contributed by atoms with Gasteiger partial charge in [0.25, 0.3) is 0 Å². The Morgan fingerprint density at radius 3 is 3.00 bits per heavy atom. The molecule has 2 atom stereocenters. The number of rotatable bonds is 8. The lowest BCUT2D eigenvalue weighted by molar-refractivity contribution is -0.143. The van der Waals surface area contributed by atoms with Gasteiger partial charge in [-0.25, -0.2) is 0 Å². The van der Waals surface area contributed by atoms with Gasteiger partial charge in [0.05, 0.1) is 6.61 Å². The van der Waals surface area contributed by atoms with Crippen molar-refractivity contribution in [3.05, 3.63) is 0 Å². The van der Waals surface area contributed by atoms with Crippen LogP contribution >= 0.6 is 34.2 Å². The highest BCUT2D eigenvalue weighted by Crippen LogP contribution is 2.39. The predicted octanol–water partition coefficient (Wildman–Crippen LogP) is 3.95. The Morgan fingerprint density at radius 1 is 1.53 bits per heavy atom. The average molecular weight is 295 g/mol. The molecule has 0 radical (unpaired) electrons. The second kappa shape index (κ2) is 9.45. The molecule has 0 spiro atoms. The Bertz CT molecular complexity index is 216. The Labute approximate surface area is 118 Å². The molecule has 1 aliphatic heterocycles. The molecule has 5 heteroatoms. The molecule has 100 valence electrons. The van der Waals surface area contributed by atoms with Gasteiger partial charge in [-0.2, -0.15) is 12.6 Å². The highest BCUT2D eigenvalue weighted by atomic mass is 33.1. The fourth-order valence-corrected chi connectivity index (χ4v) is 4.75. The van der Waals surface area contributed by atoms with Crippen LogP contribution in [0.5, 0.6) is 0 Å². The summed E-state index contributed by atoms with van der Waals surface area (Å²) in [5, 5.41) is 1.13. The summed E-state index contributed by atoms with van der Waals surface area (Å²) in [5.41, 5.74) is 0. The van der Waals surface area contributed by atoms with Gasteiger partial charge < -0.3 is 4.74 Å². The third-order valence-corrected chi connectivity index (χ3v) is 5.95. The first-order chi connectivity index (χ1) is 8.18. The van der Waals surface area contributed by atoms with Gasteiger partial charge in [0.2, 0.25) is 0 Å². The number of carbonyl (C=O) groups is 1. The first kappa shape index (κ1) is 15.6. The van der Waals surface area contributed by atoms with Gasteiger partial charge in [0.1, 0.15) is 0 Å². The van der Waals surface area contributed by atoms with Crippen LogP contribution in [0.3, 0.4) is 0 Å². The van der Waals surface area contributed by atoms with Crippen molar-refractivity contribution in [2.45, 2.75) is 55.9 Å². The normalized spacial score (nSPS) is 21.4. The van der Waals surface area contributed by atoms with Crippen LogP contribution < -0.4 is 0 Å². The maximum atomic E-state index is 11.4. The van der Waals surface area contributed by atoms with Gasteiger partial charge in [-0.1, -0.05) is 34.9 Å². The lowest BCUT2D eigenvalue weighted by Gasteiger charge is -2.08. The molecule has 1 aliphatic rings. The van der Waals surface area contributed by atoms with Crippen molar-refractivity contribution >= 4 is 40.2 Å². The molecule has 0 aromatic rings. The van der Waals surface area contributed by atoms with Crippen LogP contribution in [-0.4, -0.2) is 28.8 Å². The fraction of sp³-hybridized carbons (Fsp3) is 0.917. The first-order valence-corrected chi connectivity index (χ1v) is 9.20. The van der Waals surface area contributed by atoms with Crippen molar-refractivity contribution < 1.29 is 9.53 Å². The summed E-state index contributed by atoms with van der Waals surface area (Å²) < 4.78 is 5.13. The van der Waals surface area contributed by atoms with Crippen molar-refractivity contribution in [2.24, 2.45) is 0 Å². The number of hydrogen-bond donors (Lipinski definition) is 1. The molecular weight excluding hydrogens is 272 g/mol. The maximum Gasteiger partial charge on any atom is 0.305 e. The number of thiol groups is 1. The summed E-state index contributed by atoms with van der Waals surface area (Å²) in [4.78, 5) is 11.4. The van der Waals surface area contributed by atoms with Crippen LogP contribution in [0.15, 0.2) is 0 Å². The van der Waals surface area contributed by atoms with Crippen molar-refractivity contribution in [3.63, 3.8) is 0 Å². The van der Waals surface area contributed by atoms with Gasteiger partial charge >= 0.3 is 5.97 Å². The summed E-state index contributed by atoms with van der Waals surface area (Å²) >= 11 is 4.24. The van der Waals surface area contributed by atoms with E-state index in [2.05, 4.69) is 12.6 Å². The Kier molecular flexibility index (Phi) is 8.66. The van der Waals surface area contributed by atoms with E-state index in [1.54, 1.807) is 0 Å². The van der Waals surface area contributed by atoms with Crippen LogP contribution in [0.2, 0.25) is 0 Å². The van der Waals surface area contributed by atoms with Crippen molar-refractivity contribution in [2.75, 3.05) is 12.4 Å². The van der Waals surface area contributed by atoms with Crippen LogP contribution in [0, 0.1) is 0 Å². The van der Waals surface area contributed by atoms with E-state index >= 15 is 0 Å². The minimum absolute atomic E-state index is 0.0487. The number of carbonyl (C=O) groups excluding carboxylic acids is 1. The van der Waals surface area contributed by atoms with Crippen molar-refractivity contribution in [1.82, 2.24) is 0 Å². The third-order valence-electron chi connectivity index (χ3n) is 2.68. The van der Waals surface area contributed by atoms with Gasteiger partial charge in [-0.05, 0) is 25.7 Å². The highest BCUT2D eigenvalue weighted by molar-refractivity contribution is 8.77. The molecule has 0 aromatic carbocycles. The summed E-state index contributed by atoms with van der Waals surface area (Å²) in [7, 11) is 3.99. The molecular formula is C12H22O2S3. The van der Waals surface area contributed by atoms with Gasteiger partial charge in [0, 0.05) is 22.7 Å². The van der Waals surface area contributed by atoms with Crippen LogP contribution in [0.1, 0.15) is 45.4 Å². The molecule has 0 amide bonds. The third kappa shape index (κ3) is 8.27. The molecule has 1 saturated heterocycles. The molecule has 2 nitrogen and oxygen atoms in total. The minimum atomic E-state index is -0.0487. The zero-order chi connectivity index (χ0) is 12.5. The Balaban J connectivity index is 1.89. The second-order valence-corrected chi connectivity index (χ2v) is 8.10. The van der Waals surface area contributed by atoms with Gasteiger partial charge in [-0.15, -0.1) is 0 Å². The molecule has 0 N–H and O–H groups in total. The Morgan fingerprint density at radius 2 is 2.35 bits per heavy atom. The lowest BCUT2D eigenvalue weighted by atomic mass is 10.1. The summed E-state index contributed by atoms with van der Waals surface area (Å²) in [6.45, 7) is 2.52. The molecule has 0 aromatic heterocycles. The molecule has 1 heterocycles. The highest BCUT2D eigenvalue weighted by Gasteiger charge is 2.15. The van der Waals surface area contributed by atoms with E-state index in [4.69, 9.17) is 4.74 Å². The van der Waals surface area contributed by atoms with E-state index in [0.29, 0.717) is 18.3 Å². The van der Waals surface area contributed by atoms with E-state index in [1.807, 2.05) is 28.5 Å². The topological polar surface area (TPSA) is 26.3 Å². The standard InChI is InChI=1S/C12H22O2S3/c1-10(15)6-8-14-12(13)5-3-2-4-11-7-9-16-17-11/h10-11,15H,2-9H2,1H3. The number of ether oxygens (including phenoxy) is 1. The van der Waals surface area contributed by atoms with E-state index in [0.717, 1.165) is 24.5 Å². The monoisotopic (exact) mass is 294 g/mol. The SMILES string of the molecule is CC(S)CCOC(=O)CCCCC1CCSS1. The molecule has 2 unspecified atom stereocenters. The van der Waals surface area contributed by atoms with Gasteiger partial charge in [0.15, 0.2) is 0 Å². The lowest BCUT2D eigenvalue weighted by Crippen LogP contribution is -2.08. The summed E-state index contributed by atoms with van der Waals surface area (Å²) in [5.74, 6) is 1.24. The molecule has 1 fully saturated rings. The number of hydrogen-bond acceptors (Lipinski definition) is 5. The Hall–Kier alpha value is 0.520. The zero-order valence-electron chi connectivity index (χ0n) is 10.4. The van der Waals surface area contributed by atoms with Crippen molar-refractivity contribution in [3.8, 4) is 0 Å². The van der Waals surface area contributed by atoms with Crippen LogP contribution in [-0.2, 0) is 9.53 Å². The fourth-order valence-electron chi connectivity index (χ4n) is 1.62. The van der Waals surface area contributed by atoms with Crippen LogP contribution in [0.4, 0.5) is 0 Å². The van der Waals surface area contributed by atoms with Gasteiger partial charge in [-0.3, -0.25) is 4.79 Å². The van der Waals surface area contributed by atoms with E-state index in [-0.39, 0.29) is 5.97 Å². The molecule has 0 aliphatic carbocycles. The molecule has 17 heavy (non-hydrogen) atoms. The van der Waals surface area contributed by atoms with E-state index < -0.39 is 0 Å². The predicted molar refractivity (Wildman–Crippen MR) is 80.9 cm³/mol. The summed E-state index contributed by atoms with van der Waals surface area (Å²) in [6, 6.07) is 0. The molecule has 0 saturated carbocycles. The molecule has 1 rings (SSSR count). The molecule has 0 bridgehead atoms. The number of unbranched alkanes of at least 4 members (excludes halogenated alkanes) is 1. The van der Waals surface area contributed by atoms with Crippen LogP contribution in [0.25, 0.3) is 0 Å². The smallest absolute Gasteiger partial charge is 0.305 e. The largest absolute Gasteiger partial charge is 0.466 e. The van der Waals surface area contributed by atoms with Crippen molar-refractivity contribution in [1.29, 1.82) is 0 Å². The number of esters is 1.